The fourth-order valence-corrected chi connectivity index (χ4v) is 2.46. The second-order valence-corrected chi connectivity index (χ2v) is 6.56. The molecule has 1 aliphatic heterocycles. The van der Waals surface area contributed by atoms with Crippen LogP contribution in [0.4, 0.5) is 0 Å². The van der Waals surface area contributed by atoms with Gasteiger partial charge in [-0.3, -0.25) is 4.79 Å². The molecule has 2 rings (SSSR count). The quantitative estimate of drug-likeness (QED) is 0.873. The van der Waals surface area contributed by atoms with Crippen LogP contribution in [0, 0.1) is 5.92 Å². The Hall–Kier alpha value is -1.13. The maximum Gasteiger partial charge on any atom is 0.254 e. The second-order valence-electron chi connectivity index (χ2n) is 6.18. The lowest BCUT2D eigenvalue weighted by molar-refractivity contribution is -0.110. The largest absolute Gasteiger partial charge is 0.386 e. The van der Waals surface area contributed by atoms with Gasteiger partial charge in [-0.2, -0.15) is 0 Å². The molecule has 1 N–H and O–H groups in total. The van der Waals surface area contributed by atoms with E-state index in [0.29, 0.717) is 23.8 Å². The van der Waals surface area contributed by atoms with E-state index in [1.807, 2.05) is 27.7 Å². The van der Waals surface area contributed by atoms with Gasteiger partial charge in [0.2, 0.25) is 0 Å². The first kappa shape index (κ1) is 15.3. The average molecular weight is 297 g/mol. The van der Waals surface area contributed by atoms with Gasteiger partial charge >= 0.3 is 0 Å². The molecule has 4 nitrogen and oxygen atoms in total. The van der Waals surface area contributed by atoms with Gasteiger partial charge in [-0.1, -0.05) is 39.3 Å². The number of hydrogen-bond donors (Lipinski definition) is 1. The van der Waals surface area contributed by atoms with Gasteiger partial charge in [0.1, 0.15) is 10.8 Å². The molecule has 0 aromatic carbocycles. The van der Waals surface area contributed by atoms with Gasteiger partial charge in [-0.25, -0.2) is 4.98 Å². The fraction of sp³-hybridized carbons (Fsp3) is 0.600. The van der Waals surface area contributed by atoms with E-state index >= 15 is 0 Å². The predicted octanol–water partition coefficient (Wildman–Crippen LogP) is 2.70. The highest BCUT2D eigenvalue weighted by Gasteiger charge is 2.46. The van der Waals surface area contributed by atoms with Crippen LogP contribution in [0.2, 0.25) is 5.15 Å². The molecule has 2 heterocycles. The van der Waals surface area contributed by atoms with Gasteiger partial charge in [-0.05, 0) is 24.0 Å². The van der Waals surface area contributed by atoms with Crippen molar-refractivity contribution in [3.05, 3.63) is 28.5 Å². The zero-order chi connectivity index (χ0) is 15.1. The number of amides is 1. The summed E-state index contributed by atoms with van der Waals surface area (Å²) in [5.41, 5.74) is 0.591. The number of nitrogens with zero attached hydrogens (tertiary/aromatic N) is 2. The Morgan fingerprint density at radius 2 is 1.95 bits per heavy atom. The molecule has 1 fully saturated rings. The number of pyridine rings is 1. The average Bonchev–Trinajstić information content (AvgIpc) is 2.32. The summed E-state index contributed by atoms with van der Waals surface area (Å²) in [6.45, 7) is 8.69. The van der Waals surface area contributed by atoms with Gasteiger partial charge in [0.05, 0.1) is 13.1 Å². The van der Waals surface area contributed by atoms with Gasteiger partial charge in [0, 0.05) is 11.3 Å². The zero-order valence-electron chi connectivity index (χ0n) is 12.4. The lowest BCUT2D eigenvalue weighted by atomic mass is 9.82. The third-order valence-corrected chi connectivity index (χ3v) is 4.14. The zero-order valence-corrected chi connectivity index (χ0v) is 13.1. The van der Waals surface area contributed by atoms with E-state index in [4.69, 9.17) is 11.6 Å². The molecule has 1 saturated heterocycles. The summed E-state index contributed by atoms with van der Waals surface area (Å²) in [4.78, 5) is 18.3. The monoisotopic (exact) mass is 296 g/mol. The minimum absolute atomic E-state index is 0.0958. The van der Waals surface area contributed by atoms with Crippen LogP contribution < -0.4 is 0 Å². The maximum atomic E-state index is 12.4. The molecule has 20 heavy (non-hydrogen) atoms. The number of aliphatic hydroxyl groups is 1. The number of rotatable bonds is 3. The normalized spacial score (nSPS) is 17.5. The minimum atomic E-state index is -0.757. The van der Waals surface area contributed by atoms with Crippen molar-refractivity contribution in [2.24, 2.45) is 5.92 Å². The van der Waals surface area contributed by atoms with Crippen molar-refractivity contribution in [1.29, 1.82) is 0 Å². The Balaban J connectivity index is 2.15. The van der Waals surface area contributed by atoms with Crippen molar-refractivity contribution in [2.45, 2.75) is 39.2 Å². The summed E-state index contributed by atoms with van der Waals surface area (Å²) in [5, 5.41) is 10.6. The third kappa shape index (κ3) is 2.81. The smallest absolute Gasteiger partial charge is 0.254 e. The van der Waals surface area contributed by atoms with E-state index in [0.717, 1.165) is 5.69 Å². The minimum Gasteiger partial charge on any atom is -0.386 e. The highest BCUT2D eigenvalue weighted by atomic mass is 35.5. The van der Waals surface area contributed by atoms with E-state index < -0.39 is 5.60 Å². The number of β-amino-alcohol motifs (C(OH)–C–C–N with tert-alkyl or cyclic N) is 1. The Morgan fingerprint density at radius 3 is 2.45 bits per heavy atom. The summed E-state index contributed by atoms with van der Waals surface area (Å²) in [6, 6.07) is 3.37. The Morgan fingerprint density at radius 1 is 1.35 bits per heavy atom. The van der Waals surface area contributed by atoms with E-state index in [9.17, 15) is 9.90 Å². The number of carbonyl (C=O) groups is 1. The van der Waals surface area contributed by atoms with Gasteiger partial charge in [0.25, 0.3) is 5.91 Å². The molecule has 5 heteroatoms. The molecule has 110 valence electrons. The summed E-state index contributed by atoms with van der Waals surface area (Å²) in [5.74, 6) is 0.254. The lowest BCUT2D eigenvalue weighted by Gasteiger charge is -2.49. The number of halogens is 1. The van der Waals surface area contributed by atoms with Crippen LogP contribution in [0.5, 0.6) is 0 Å². The number of hydrogen-bond acceptors (Lipinski definition) is 3. The molecule has 0 unspecified atom stereocenters. The summed E-state index contributed by atoms with van der Waals surface area (Å²) in [6.07, 6.45) is 0. The molecule has 0 saturated carbocycles. The van der Waals surface area contributed by atoms with Crippen LogP contribution in [-0.2, 0) is 0 Å². The first-order valence-electron chi connectivity index (χ1n) is 6.92. The molecule has 1 amide bonds. The maximum absolute atomic E-state index is 12.4. The first-order valence-corrected chi connectivity index (χ1v) is 7.30. The Kier molecular flexibility index (Phi) is 4.07. The lowest BCUT2D eigenvalue weighted by Crippen LogP contribution is -2.65. The highest BCUT2D eigenvalue weighted by molar-refractivity contribution is 6.29. The van der Waals surface area contributed by atoms with Gasteiger partial charge in [0.15, 0.2) is 0 Å². The van der Waals surface area contributed by atoms with Crippen molar-refractivity contribution in [1.82, 2.24) is 9.88 Å². The van der Waals surface area contributed by atoms with E-state index in [2.05, 4.69) is 4.98 Å². The Bertz CT molecular complexity index is 523. The standard InChI is InChI=1S/C15H21ClN2O2/c1-9(2)12-5-11(6-13(16)17-12)14(19)18-7-15(20,8-18)10(3)4/h5-6,9-10,20H,7-8H2,1-4H3. The van der Waals surface area contributed by atoms with Crippen LogP contribution in [-0.4, -0.2) is 39.6 Å². The van der Waals surface area contributed by atoms with Crippen molar-refractivity contribution in [3.8, 4) is 0 Å². The molecule has 0 atom stereocenters. The molecule has 1 aromatic heterocycles. The van der Waals surface area contributed by atoms with Gasteiger partial charge in [-0.15, -0.1) is 0 Å². The summed E-state index contributed by atoms with van der Waals surface area (Å²) < 4.78 is 0. The van der Waals surface area contributed by atoms with Crippen molar-refractivity contribution in [2.75, 3.05) is 13.1 Å². The van der Waals surface area contributed by atoms with E-state index in [1.165, 1.54) is 0 Å². The molecule has 0 spiro atoms. The fourth-order valence-electron chi connectivity index (χ4n) is 2.24. The molecule has 0 radical (unpaired) electrons. The van der Waals surface area contributed by atoms with Crippen LogP contribution in [0.3, 0.4) is 0 Å². The van der Waals surface area contributed by atoms with Crippen LogP contribution in [0.1, 0.15) is 49.7 Å². The van der Waals surface area contributed by atoms with Crippen molar-refractivity contribution >= 4 is 17.5 Å². The number of aromatic nitrogens is 1. The van der Waals surface area contributed by atoms with Crippen LogP contribution in [0.15, 0.2) is 12.1 Å². The molecule has 1 aliphatic rings. The topological polar surface area (TPSA) is 53.4 Å². The molecule has 0 bridgehead atoms. The second kappa shape index (κ2) is 5.34. The highest BCUT2D eigenvalue weighted by Crippen LogP contribution is 2.30. The number of carbonyl (C=O) groups excluding carboxylic acids is 1. The molecule has 1 aromatic rings. The summed E-state index contributed by atoms with van der Waals surface area (Å²) >= 11 is 5.98. The SMILES string of the molecule is CC(C)c1cc(C(=O)N2CC(O)(C(C)C)C2)cc(Cl)n1. The predicted molar refractivity (Wildman–Crippen MR) is 79.0 cm³/mol. The van der Waals surface area contributed by atoms with E-state index in [1.54, 1.807) is 17.0 Å². The third-order valence-electron chi connectivity index (χ3n) is 3.94. The number of likely N-dealkylation sites (tertiary alicyclic amines) is 1. The van der Waals surface area contributed by atoms with Crippen LogP contribution in [0.25, 0.3) is 0 Å². The van der Waals surface area contributed by atoms with E-state index in [-0.39, 0.29) is 17.7 Å². The van der Waals surface area contributed by atoms with Gasteiger partial charge < -0.3 is 10.0 Å². The first-order chi connectivity index (χ1) is 9.23. The van der Waals surface area contributed by atoms with Crippen LogP contribution >= 0.6 is 11.6 Å². The summed E-state index contributed by atoms with van der Waals surface area (Å²) in [7, 11) is 0. The van der Waals surface area contributed by atoms with Crippen molar-refractivity contribution < 1.29 is 9.90 Å². The molecular weight excluding hydrogens is 276 g/mol. The molecular formula is C15H21ClN2O2. The molecule has 0 aliphatic carbocycles. The van der Waals surface area contributed by atoms with Crippen molar-refractivity contribution in [3.63, 3.8) is 0 Å². The Labute approximate surface area is 124 Å².